The quantitative estimate of drug-likeness (QED) is 0.588. The van der Waals surface area contributed by atoms with Crippen molar-refractivity contribution in [3.8, 4) is 0 Å². The van der Waals surface area contributed by atoms with Gasteiger partial charge in [-0.2, -0.15) is 0 Å². The number of rotatable bonds is 3. The molecule has 96 valence electrons. The Bertz CT molecular complexity index is 641. The lowest BCUT2D eigenvalue weighted by molar-refractivity contribution is 0.104. The van der Waals surface area contributed by atoms with E-state index in [1.54, 1.807) is 18.2 Å². The van der Waals surface area contributed by atoms with Crippen molar-refractivity contribution < 1.29 is 9.18 Å². The Kier molecular flexibility index (Phi) is 3.91. The molecule has 0 atom stereocenters. The minimum atomic E-state index is -0.305. The molecule has 0 aromatic heterocycles. The predicted octanol–water partition coefficient (Wildman–Crippen LogP) is 4.34. The summed E-state index contributed by atoms with van der Waals surface area (Å²) in [4.78, 5) is 12.1. The van der Waals surface area contributed by atoms with Crippen LogP contribution >= 0.6 is 0 Å². The minimum absolute atomic E-state index is 0.0678. The predicted molar refractivity (Wildman–Crippen MR) is 75.7 cm³/mol. The number of halogens is 1. The first-order valence-electron chi connectivity index (χ1n) is 6.11. The van der Waals surface area contributed by atoms with E-state index in [2.05, 4.69) is 0 Å². The Morgan fingerprint density at radius 3 is 2.58 bits per heavy atom. The molecule has 0 amide bonds. The fourth-order valence-corrected chi connectivity index (χ4v) is 1.96. The average Bonchev–Trinajstić information content (AvgIpc) is 2.36. The molecule has 2 rings (SSSR count). The fraction of sp³-hybridized carbons (Fsp3) is 0.118. The molecule has 0 spiro atoms. The normalized spacial score (nSPS) is 10.9. The lowest BCUT2D eigenvalue weighted by Crippen LogP contribution is -1.98. The molecule has 0 aliphatic carbocycles. The third-order valence-electron chi connectivity index (χ3n) is 2.92. The summed E-state index contributed by atoms with van der Waals surface area (Å²) in [6.07, 6.45) is 3.11. The highest BCUT2D eigenvalue weighted by atomic mass is 19.1. The Balaban J connectivity index is 2.21. The Morgan fingerprint density at radius 2 is 1.89 bits per heavy atom. The van der Waals surface area contributed by atoms with Gasteiger partial charge in [0.2, 0.25) is 0 Å². The first kappa shape index (κ1) is 13.2. The van der Waals surface area contributed by atoms with E-state index < -0.39 is 0 Å². The molecule has 19 heavy (non-hydrogen) atoms. The van der Waals surface area contributed by atoms with Crippen molar-refractivity contribution in [2.75, 3.05) is 0 Å². The van der Waals surface area contributed by atoms with Crippen LogP contribution in [-0.2, 0) is 0 Å². The van der Waals surface area contributed by atoms with Crippen LogP contribution in [-0.4, -0.2) is 5.78 Å². The van der Waals surface area contributed by atoms with Crippen molar-refractivity contribution in [3.05, 3.63) is 76.6 Å². The van der Waals surface area contributed by atoms with Gasteiger partial charge in [0.15, 0.2) is 5.78 Å². The van der Waals surface area contributed by atoms with Crippen LogP contribution in [0.25, 0.3) is 6.08 Å². The van der Waals surface area contributed by atoms with Gasteiger partial charge in [0.25, 0.3) is 0 Å². The maximum atomic E-state index is 13.0. The van der Waals surface area contributed by atoms with Gasteiger partial charge >= 0.3 is 0 Å². The van der Waals surface area contributed by atoms with Crippen molar-refractivity contribution in [2.24, 2.45) is 0 Å². The fourth-order valence-electron chi connectivity index (χ4n) is 1.96. The summed E-state index contributed by atoms with van der Waals surface area (Å²) in [6.45, 7) is 3.90. The Morgan fingerprint density at radius 1 is 1.11 bits per heavy atom. The topological polar surface area (TPSA) is 17.1 Å². The maximum absolute atomic E-state index is 13.0. The lowest BCUT2D eigenvalue weighted by Gasteiger charge is -2.02. The number of hydrogen-bond acceptors (Lipinski definition) is 1. The SMILES string of the molecule is Cc1ccc(C(=O)C=Cc2cccc(F)c2)c(C)c1. The molecular weight excluding hydrogens is 239 g/mol. The van der Waals surface area contributed by atoms with Gasteiger partial charge in [-0.05, 0) is 43.2 Å². The second kappa shape index (κ2) is 5.61. The van der Waals surface area contributed by atoms with Gasteiger partial charge in [-0.15, -0.1) is 0 Å². The molecule has 0 N–H and O–H groups in total. The van der Waals surface area contributed by atoms with Gasteiger partial charge in [-0.3, -0.25) is 4.79 Å². The first-order chi connectivity index (χ1) is 9.06. The van der Waals surface area contributed by atoms with E-state index in [1.807, 2.05) is 32.0 Å². The number of allylic oxidation sites excluding steroid dienone is 1. The molecule has 0 saturated heterocycles. The van der Waals surface area contributed by atoms with Crippen molar-refractivity contribution in [3.63, 3.8) is 0 Å². The number of benzene rings is 2. The van der Waals surface area contributed by atoms with E-state index >= 15 is 0 Å². The molecule has 0 unspecified atom stereocenters. The van der Waals surface area contributed by atoms with Gasteiger partial charge in [-0.1, -0.05) is 42.0 Å². The second-order valence-corrected chi connectivity index (χ2v) is 4.57. The third-order valence-corrected chi connectivity index (χ3v) is 2.92. The van der Waals surface area contributed by atoms with Crippen LogP contribution in [0.4, 0.5) is 4.39 Å². The van der Waals surface area contributed by atoms with Crippen LogP contribution in [0.5, 0.6) is 0 Å². The van der Waals surface area contributed by atoms with E-state index in [4.69, 9.17) is 0 Å². The third kappa shape index (κ3) is 3.38. The van der Waals surface area contributed by atoms with E-state index in [9.17, 15) is 9.18 Å². The van der Waals surface area contributed by atoms with Crippen LogP contribution in [0.3, 0.4) is 0 Å². The van der Waals surface area contributed by atoms with Gasteiger partial charge in [0.05, 0.1) is 0 Å². The van der Waals surface area contributed by atoms with Crippen LogP contribution in [0.2, 0.25) is 0 Å². The zero-order chi connectivity index (χ0) is 13.8. The molecule has 0 radical (unpaired) electrons. The summed E-state index contributed by atoms with van der Waals surface area (Å²) in [5.41, 5.74) is 3.44. The number of aryl methyl sites for hydroxylation is 2. The molecule has 0 saturated carbocycles. The smallest absolute Gasteiger partial charge is 0.186 e. The molecule has 2 aromatic carbocycles. The van der Waals surface area contributed by atoms with Gasteiger partial charge < -0.3 is 0 Å². The summed E-state index contributed by atoms with van der Waals surface area (Å²) in [5, 5.41) is 0. The second-order valence-electron chi connectivity index (χ2n) is 4.57. The van der Waals surface area contributed by atoms with Crippen LogP contribution < -0.4 is 0 Å². The van der Waals surface area contributed by atoms with Crippen LogP contribution in [0.1, 0.15) is 27.0 Å². The first-order valence-corrected chi connectivity index (χ1v) is 6.11. The van der Waals surface area contributed by atoms with Crippen LogP contribution in [0, 0.1) is 19.7 Å². The van der Waals surface area contributed by atoms with E-state index in [1.165, 1.54) is 18.2 Å². The summed E-state index contributed by atoms with van der Waals surface area (Å²) >= 11 is 0. The molecule has 0 fully saturated rings. The molecule has 0 bridgehead atoms. The zero-order valence-corrected chi connectivity index (χ0v) is 11.0. The summed E-state index contributed by atoms with van der Waals surface area (Å²) in [5.74, 6) is -0.372. The number of ketones is 1. The average molecular weight is 254 g/mol. The molecule has 0 heterocycles. The van der Waals surface area contributed by atoms with Gasteiger partial charge in [0, 0.05) is 5.56 Å². The number of carbonyl (C=O) groups excluding carboxylic acids is 1. The Labute approximate surface area is 112 Å². The van der Waals surface area contributed by atoms with Gasteiger partial charge in [0.1, 0.15) is 5.82 Å². The van der Waals surface area contributed by atoms with Crippen molar-refractivity contribution in [2.45, 2.75) is 13.8 Å². The van der Waals surface area contributed by atoms with Gasteiger partial charge in [-0.25, -0.2) is 4.39 Å². The van der Waals surface area contributed by atoms with Crippen molar-refractivity contribution in [1.82, 2.24) is 0 Å². The highest BCUT2D eigenvalue weighted by Crippen LogP contribution is 2.13. The van der Waals surface area contributed by atoms with Crippen molar-refractivity contribution in [1.29, 1.82) is 0 Å². The molecule has 0 aliphatic heterocycles. The summed E-state index contributed by atoms with van der Waals surface area (Å²) < 4.78 is 13.0. The van der Waals surface area contributed by atoms with E-state index in [0.717, 1.165) is 11.1 Å². The largest absolute Gasteiger partial charge is 0.289 e. The Hall–Kier alpha value is -2.22. The van der Waals surface area contributed by atoms with Crippen molar-refractivity contribution >= 4 is 11.9 Å². The molecule has 2 aromatic rings. The highest BCUT2D eigenvalue weighted by molar-refractivity contribution is 6.07. The number of hydrogen-bond donors (Lipinski definition) is 0. The summed E-state index contributed by atoms with van der Waals surface area (Å²) in [7, 11) is 0. The van der Waals surface area contributed by atoms with E-state index in [0.29, 0.717) is 11.1 Å². The number of carbonyl (C=O) groups is 1. The molecule has 1 nitrogen and oxygen atoms in total. The maximum Gasteiger partial charge on any atom is 0.186 e. The van der Waals surface area contributed by atoms with Crippen LogP contribution in [0.15, 0.2) is 48.5 Å². The molecule has 2 heteroatoms. The molecule has 0 aliphatic rings. The highest BCUT2D eigenvalue weighted by Gasteiger charge is 2.05. The summed E-state index contributed by atoms with van der Waals surface area (Å²) in [6, 6.07) is 11.9. The molecular formula is C17H15FO. The monoisotopic (exact) mass is 254 g/mol. The zero-order valence-electron chi connectivity index (χ0n) is 11.0. The standard InChI is InChI=1S/C17H15FO/c1-12-6-8-16(13(2)10-12)17(19)9-7-14-4-3-5-15(18)11-14/h3-11H,1-2H3. The minimum Gasteiger partial charge on any atom is -0.289 e. The van der Waals surface area contributed by atoms with E-state index in [-0.39, 0.29) is 11.6 Å². The lowest BCUT2D eigenvalue weighted by atomic mass is 10.0.